The Morgan fingerprint density at radius 3 is 2.67 bits per heavy atom. The minimum Gasteiger partial charge on any atom is -0.478 e. The third-order valence-electron chi connectivity index (χ3n) is 2.84. The molecule has 0 saturated carbocycles. The number of hydrogen-bond donors (Lipinski definition) is 2. The minimum atomic E-state index is -1.07. The van der Waals surface area contributed by atoms with Crippen LogP contribution in [-0.4, -0.2) is 23.1 Å². The summed E-state index contributed by atoms with van der Waals surface area (Å²) >= 11 is 1.17. The van der Waals surface area contributed by atoms with Crippen molar-refractivity contribution in [2.45, 2.75) is 19.6 Å². The molecule has 6 heteroatoms. The second-order valence-corrected chi connectivity index (χ2v) is 5.31. The molecule has 1 unspecified atom stereocenters. The van der Waals surface area contributed by atoms with Crippen molar-refractivity contribution in [1.82, 2.24) is 0 Å². The van der Waals surface area contributed by atoms with Crippen molar-refractivity contribution < 1.29 is 19.4 Å². The Kier molecular flexibility index (Phi) is 5.08. The van der Waals surface area contributed by atoms with Gasteiger partial charge in [-0.3, -0.25) is 4.79 Å². The zero-order chi connectivity index (χ0) is 15.2. The summed E-state index contributed by atoms with van der Waals surface area (Å²) in [6.07, 6.45) is -0.672. The van der Waals surface area contributed by atoms with E-state index in [1.165, 1.54) is 17.4 Å². The number of benzene rings is 1. The van der Waals surface area contributed by atoms with Crippen molar-refractivity contribution in [1.29, 1.82) is 0 Å². The lowest BCUT2D eigenvalue weighted by molar-refractivity contribution is -0.127. The highest BCUT2D eigenvalue weighted by Gasteiger charge is 2.18. The standard InChI is InChI=1S/C15H15NO4S/c1-10(20-9-11-5-3-2-4-6-11)13(17)16-14-12(15(18)19)7-8-21-14/h2-8,10H,9H2,1H3,(H,16,17)(H,18,19). The van der Waals surface area contributed by atoms with Crippen molar-refractivity contribution >= 4 is 28.2 Å². The number of rotatable bonds is 6. The average Bonchev–Trinajstić information content (AvgIpc) is 2.94. The maximum Gasteiger partial charge on any atom is 0.338 e. The van der Waals surface area contributed by atoms with E-state index >= 15 is 0 Å². The van der Waals surface area contributed by atoms with Gasteiger partial charge in [0.05, 0.1) is 12.2 Å². The lowest BCUT2D eigenvalue weighted by atomic mass is 10.2. The molecule has 0 aliphatic heterocycles. The topological polar surface area (TPSA) is 75.6 Å². The number of hydrogen-bond acceptors (Lipinski definition) is 4. The molecule has 0 radical (unpaired) electrons. The Hall–Kier alpha value is -2.18. The SMILES string of the molecule is CC(OCc1ccccc1)C(=O)Nc1sccc1C(=O)O. The molecule has 0 aliphatic carbocycles. The van der Waals surface area contributed by atoms with Crippen LogP contribution in [0, 0.1) is 0 Å². The Morgan fingerprint density at radius 1 is 1.29 bits per heavy atom. The summed E-state index contributed by atoms with van der Waals surface area (Å²) in [5, 5.41) is 13.5. The van der Waals surface area contributed by atoms with Crippen LogP contribution in [0.15, 0.2) is 41.8 Å². The molecule has 1 aromatic heterocycles. The van der Waals surface area contributed by atoms with Gasteiger partial charge in [-0.2, -0.15) is 0 Å². The number of nitrogens with one attached hydrogen (secondary N) is 1. The van der Waals surface area contributed by atoms with Gasteiger partial charge in [-0.1, -0.05) is 30.3 Å². The molecule has 1 atom stereocenters. The molecule has 2 N–H and O–H groups in total. The van der Waals surface area contributed by atoms with Gasteiger partial charge in [0.15, 0.2) is 0 Å². The average molecular weight is 305 g/mol. The Balaban J connectivity index is 1.90. The summed E-state index contributed by atoms with van der Waals surface area (Å²) < 4.78 is 5.48. The van der Waals surface area contributed by atoms with Crippen LogP contribution in [0.3, 0.4) is 0 Å². The molecule has 1 heterocycles. The van der Waals surface area contributed by atoms with Crippen LogP contribution in [0.1, 0.15) is 22.8 Å². The van der Waals surface area contributed by atoms with Crippen LogP contribution in [0.5, 0.6) is 0 Å². The Bertz CT molecular complexity index is 624. The molecular weight excluding hydrogens is 290 g/mol. The molecule has 1 aromatic carbocycles. The summed E-state index contributed by atoms with van der Waals surface area (Å²) in [7, 11) is 0. The van der Waals surface area contributed by atoms with E-state index in [1.54, 1.807) is 12.3 Å². The second kappa shape index (κ2) is 7.01. The van der Waals surface area contributed by atoms with Crippen LogP contribution in [0.25, 0.3) is 0 Å². The van der Waals surface area contributed by atoms with Crippen molar-refractivity contribution in [3.63, 3.8) is 0 Å². The zero-order valence-corrected chi connectivity index (χ0v) is 12.2. The van der Waals surface area contributed by atoms with Gasteiger partial charge in [0.2, 0.25) is 0 Å². The third kappa shape index (κ3) is 4.14. The second-order valence-electron chi connectivity index (χ2n) is 4.40. The van der Waals surface area contributed by atoms with Crippen LogP contribution in [-0.2, 0) is 16.1 Å². The molecule has 0 spiro atoms. The first-order valence-corrected chi connectivity index (χ1v) is 7.23. The Labute approximate surface area is 126 Å². The lowest BCUT2D eigenvalue weighted by Crippen LogP contribution is -2.27. The van der Waals surface area contributed by atoms with Gasteiger partial charge in [0.25, 0.3) is 5.91 Å². The number of thiophene rings is 1. The number of carboxylic acids is 1. The summed E-state index contributed by atoms with van der Waals surface area (Å²) in [5.41, 5.74) is 1.06. The largest absolute Gasteiger partial charge is 0.478 e. The molecule has 0 fully saturated rings. The van der Waals surface area contributed by atoms with Crippen molar-refractivity contribution in [2.24, 2.45) is 0 Å². The summed E-state index contributed by atoms with van der Waals surface area (Å²) in [6, 6.07) is 11.0. The molecule has 2 rings (SSSR count). The van der Waals surface area contributed by atoms with Crippen LogP contribution in [0.2, 0.25) is 0 Å². The van der Waals surface area contributed by atoms with E-state index < -0.39 is 12.1 Å². The highest BCUT2D eigenvalue weighted by Crippen LogP contribution is 2.23. The third-order valence-corrected chi connectivity index (χ3v) is 3.67. The summed E-state index contributed by atoms with van der Waals surface area (Å²) in [5.74, 6) is -1.43. The van der Waals surface area contributed by atoms with E-state index in [9.17, 15) is 9.59 Å². The fraction of sp³-hybridized carbons (Fsp3) is 0.200. The maximum atomic E-state index is 12.0. The van der Waals surface area contributed by atoms with Crippen LogP contribution >= 0.6 is 11.3 Å². The molecule has 2 aromatic rings. The smallest absolute Gasteiger partial charge is 0.338 e. The van der Waals surface area contributed by atoms with Gasteiger partial charge in [-0.05, 0) is 23.9 Å². The van der Waals surface area contributed by atoms with Gasteiger partial charge in [0, 0.05) is 0 Å². The van der Waals surface area contributed by atoms with E-state index in [0.29, 0.717) is 11.6 Å². The predicted octanol–water partition coefficient (Wildman–Crippen LogP) is 2.99. The number of ether oxygens (including phenoxy) is 1. The van der Waals surface area contributed by atoms with Gasteiger partial charge >= 0.3 is 5.97 Å². The quantitative estimate of drug-likeness (QED) is 0.860. The monoisotopic (exact) mass is 305 g/mol. The number of amides is 1. The van der Waals surface area contributed by atoms with Crippen LogP contribution < -0.4 is 5.32 Å². The highest BCUT2D eigenvalue weighted by molar-refractivity contribution is 7.14. The van der Waals surface area contributed by atoms with E-state index in [2.05, 4.69) is 5.32 Å². The normalized spacial score (nSPS) is 11.9. The molecule has 0 aliphatic rings. The number of carbonyl (C=O) groups is 2. The van der Waals surface area contributed by atoms with E-state index in [1.807, 2.05) is 30.3 Å². The summed E-state index contributed by atoms with van der Waals surface area (Å²) in [4.78, 5) is 23.0. The van der Waals surface area contributed by atoms with Crippen molar-refractivity contribution in [3.05, 3.63) is 52.9 Å². The number of anilines is 1. The van der Waals surface area contributed by atoms with E-state index in [0.717, 1.165) is 5.56 Å². The Morgan fingerprint density at radius 2 is 2.00 bits per heavy atom. The number of aromatic carboxylic acids is 1. The van der Waals surface area contributed by atoms with Crippen molar-refractivity contribution in [2.75, 3.05) is 5.32 Å². The van der Waals surface area contributed by atoms with E-state index in [4.69, 9.17) is 9.84 Å². The zero-order valence-electron chi connectivity index (χ0n) is 11.4. The molecule has 110 valence electrons. The molecule has 5 nitrogen and oxygen atoms in total. The fourth-order valence-electron chi connectivity index (χ4n) is 1.66. The fourth-order valence-corrected chi connectivity index (χ4v) is 2.44. The van der Waals surface area contributed by atoms with Gasteiger partial charge in [0.1, 0.15) is 11.1 Å². The first kappa shape index (κ1) is 15.2. The van der Waals surface area contributed by atoms with Gasteiger partial charge < -0.3 is 15.2 Å². The first-order chi connectivity index (χ1) is 10.1. The number of carbonyl (C=O) groups excluding carboxylic acids is 1. The molecule has 1 amide bonds. The molecular formula is C15H15NO4S. The molecule has 0 bridgehead atoms. The summed E-state index contributed by atoms with van der Waals surface area (Å²) in [6.45, 7) is 1.96. The maximum absolute atomic E-state index is 12.0. The molecule has 0 saturated heterocycles. The van der Waals surface area contributed by atoms with Crippen LogP contribution in [0.4, 0.5) is 5.00 Å². The predicted molar refractivity (Wildman–Crippen MR) is 80.6 cm³/mol. The van der Waals surface area contributed by atoms with Gasteiger partial charge in [-0.25, -0.2) is 4.79 Å². The van der Waals surface area contributed by atoms with Gasteiger partial charge in [-0.15, -0.1) is 11.3 Å². The van der Waals surface area contributed by atoms with Crippen molar-refractivity contribution in [3.8, 4) is 0 Å². The minimum absolute atomic E-state index is 0.0867. The number of carboxylic acid groups (broad SMARTS) is 1. The molecule has 21 heavy (non-hydrogen) atoms. The lowest BCUT2D eigenvalue weighted by Gasteiger charge is -2.13. The highest BCUT2D eigenvalue weighted by atomic mass is 32.1. The van der Waals surface area contributed by atoms with E-state index in [-0.39, 0.29) is 11.5 Å². The first-order valence-electron chi connectivity index (χ1n) is 6.35.